The van der Waals surface area contributed by atoms with Crippen molar-refractivity contribution in [2.75, 3.05) is 13.2 Å². The van der Waals surface area contributed by atoms with Gasteiger partial charge in [0.15, 0.2) is 6.61 Å². The lowest BCUT2D eigenvalue weighted by Gasteiger charge is -2.36. The van der Waals surface area contributed by atoms with E-state index in [-0.39, 0.29) is 17.9 Å². The summed E-state index contributed by atoms with van der Waals surface area (Å²) in [6.07, 6.45) is 4.24. The number of imide groups is 1. The molecule has 1 saturated heterocycles. The quantitative estimate of drug-likeness (QED) is 0.512. The average Bonchev–Trinajstić information content (AvgIpc) is 2.99. The Kier molecular flexibility index (Phi) is 6.97. The number of rotatable bonds is 7. The number of esters is 1. The number of carbonyl (C=O) groups is 4. The van der Waals surface area contributed by atoms with Crippen LogP contribution in [0.5, 0.6) is 0 Å². The SMILES string of the molecule is CCc1ccc([C@@H](C)NC(=O)COC(=O)CN2C(=O)N[C@@]3(CCCC[C@@H]3C)C2=O)cc1. The Morgan fingerprint density at radius 2 is 1.97 bits per heavy atom. The summed E-state index contributed by atoms with van der Waals surface area (Å²) in [4.78, 5) is 50.5. The molecule has 0 radical (unpaired) electrons. The summed E-state index contributed by atoms with van der Waals surface area (Å²) in [6.45, 7) is 4.89. The van der Waals surface area contributed by atoms with Gasteiger partial charge in [-0.3, -0.25) is 19.3 Å². The molecule has 8 heteroatoms. The van der Waals surface area contributed by atoms with Crippen LogP contribution in [0.3, 0.4) is 0 Å². The van der Waals surface area contributed by atoms with Gasteiger partial charge in [-0.05, 0) is 43.2 Å². The van der Waals surface area contributed by atoms with E-state index in [0.29, 0.717) is 6.42 Å². The standard InChI is InChI=1S/C23H31N3O5/c1-4-17-8-10-18(11-9-17)16(3)24-19(27)14-31-20(28)13-26-21(29)23(25-22(26)30)12-6-5-7-15(23)2/h8-11,15-16H,4-7,12-14H2,1-3H3,(H,24,27)(H,25,30)/t15-,16+,23+/m0/s1. The molecule has 1 aliphatic carbocycles. The van der Waals surface area contributed by atoms with E-state index in [9.17, 15) is 19.2 Å². The molecule has 1 heterocycles. The van der Waals surface area contributed by atoms with Crippen molar-refractivity contribution in [1.29, 1.82) is 0 Å². The first kappa shape index (κ1) is 22.8. The number of nitrogens with one attached hydrogen (secondary N) is 2. The summed E-state index contributed by atoms with van der Waals surface area (Å²) in [5.74, 6) is -1.61. The highest BCUT2D eigenvalue weighted by Crippen LogP contribution is 2.38. The molecule has 1 saturated carbocycles. The maximum Gasteiger partial charge on any atom is 0.326 e. The number of amides is 4. The third-order valence-corrected chi connectivity index (χ3v) is 6.42. The Balaban J connectivity index is 1.48. The summed E-state index contributed by atoms with van der Waals surface area (Å²) in [6, 6.07) is 7.11. The van der Waals surface area contributed by atoms with Crippen molar-refractivity contribution in [2.24, 2.45) is 5.92 Å². The number of carbonyl (C=O) groups excluding carboxylic acids is 4. The van der Waals surface area contributed by atoms with Crippen LogP contribution < -0.4 is 10.6 Å². The van der Waals surface area contributed by atoms with E-state index >= 15 is 0 Å². The van der Waals surface area contributed by atoms with E-state index in [1.54, 1.807) is 0 Å². The van der Waals surface area contributed by atoms with Crippen LogP contribution in [0.25, 0.3) is 0 Å². The number of hydrogen-bond donors (Lipinski definition) is 2. The van der Waals surface area contributed by atoms with Crippen molar-refractivity contribution >= 4 is 23.8 Å². The Morgan fingerprint density at radius 1 is 1.26 bits per heavy atom. The molecular weight excluding hydrogens is 398 g/mol. The van der Waals surface area contributed by atoms with Crippen molar-refractivity contribution in [3.63, 3.8) is 0 Å². The fourth-order valence-corrected chi connectivity index (χ4v) is 4.37. The van der Waals surface area contributed by atoms with Crippen molar-refractivity contribution in [1.82, 2.24) is 15.5 Å². The van der Waals surface area contributed by atoms with Gasteiger partial charge in [0.05, 0.1) is 6.04 Å². The Morgan fingerprint density at radius 3 is 2.61 bits per heavy atom. The Labute approximate surface area is 182 Å². The predicted molar refractivity (Wildman–Crippen MR) is 114 cm³/mol. The van der Waals surface area contributed by atoms with Crippen LogP contribution >= 0.6 is 0 Å². The van der Waals surface area contributed by atoms with E-state index in [0.717, 1.165) is 36.1 Å². The molecule has 1 aromatic carbocycles. The van der Waals surface area contributed by atoms with E-state index < -0.39 is 36.6 Å². The van der Waals surface area contributed by atoms with E-state index in [2.05, 4.69) is 17.6 Å². The maximum absolute atomic E-state index is 12.9. The molecule has 1 aliphatic heterocycles. The van der Waals surface area contributed by atoms with Crippen LogP contribution in [-0.4, -0.2) is 47.4 Å². The van der Waals surface area contributed by atoms with Crippen molar-refractivity contribution in [3.8, 4) is 0 Å². The lowest BCUT2D eigenvalue weighted by Crippen LogP contribution is -2.54. The minimum atomic E-state index is -0.921. The number of benzene rings is 1. The topological polar surface area (TPSA) is 105 Å². The average molecular weight is 430 g/mol. The predicted octanol–water partition coefficient (Wildman–Crippen LogP) is 2.47. The third kappa shape index (κ3) is 4.89. The Hall–Kier alpha value is -2.90. The molecule has 2 fully saturated rings. The maximum atomic E-state index is 12.9. The number of ether oxygens (including phenoxy) is 1. The number of aryl methyl sites for hydroxylation is 1. The molecule has 3 atom stereocenters. The largest absolute Gasteiger partial charge is 0.454 e. The molecule has 0 bridgehead atoms. The fraction of sp³-hybridized carbons (Fsp3) is 0.565. The normalized spacial score (nSPS) is 24.1. The van der Waals surface area contributed by atoms with Gasteiger partial charge in [0.2, 0.25) is 0 Å². The molecule has 1 aromatic rings. The summed E-state index contributed by atoms with van der Waals surface area (Å²) >= 11 is 0. The minimum absolute atomic E-state index is 0.0115. The van der Waals surface area contributed by atoms with Gasteiger partial charge in [0.1, 0.15) is 12.1 Å². The van der Waals surface area contributed by atoms with Gasteiger partial charge in [0.25, 0.3) is 11.8 Å². The van der Waals surface area contributed by atoms with Gasteiger partial charge < -0.3 is 15.4 Å². The van der Waals surface area contributed by atoms with E-state index in [1.165, 1.54) is 5.56 Å². The van der Waals surface area contributed by atoms with Gasteiger partial charge in [0, 0.05) is 0 Å². The first-order valence-electron chi connectivity index (χ1n) is 10.9. The highest BCUT2D eigenvalue weighted by atomic mass is 16.5. The summed E-state index contributed by atoms with van der Waals surface area (Å²) in [5, 5.41) is 5.57. The van der Waals surface area contributed by atoms with Crippen LogP contribution in [-0.2, 0) is 25.5 Å². The first-order chi connectivity index (χ1) is 14.8. The van der Waals surface area contributed by atoms with Crippen LogP contribution in [0.4, 0.5) is 4.79 Å². The molecule has 0 aromatic heterocycles. The lowest BCUT2D eigenvalue weighted by molar-refractivity contribution is -0.151. The zero-order valence-corrected chi connectivity index (χ0v) is 18.4. The van der Waals surface area contributed by atoms with Crippen LogP contribution in [0.1, 0.15) is 63.6 Å². The number of nitrogens with zero attached hydrogens (tertiary/aromatic N) is 1. The van der Waals surface area contributed by atoms with Crippen LogP contribution in [0, 0.1) is 5.92 Å². The molecule has 2 aliphatic rings. The summed E-state index contributed by atoms with van der Waals surface area (Å²) in [7, 11) is 0. The van der Waals surface area contributed by atoms with Gasteiger partial charge >= 0.3 is 12.0 Å². The summed E-state index contributed by atoms with van der Waals surface area (Å²) < 4.78 is 5.01. The van der Waals surface area contributed by atoms with Crippen molar-refractivity contribution < 1.29 is 23.9 Å². The van der Waals surface area contributed by atoms with Gasteiger partial charge in [-0.15, -0.1) is 0 Å². The first-order valence-corrected chi connectivity index (χ1v) is 10.9. The number of hydrogen-bond acceptors (Lipinski definition) is 5. The minimum Gasteiger partial charge on any atom is -0.454 e. The van der Waals surface area contributed by atoms with Crippen LogP contribution in [0.15, 0.2) is 24.3 Å². The number of urea groups is 1. The molecule has 0 unspecified atom stereocenters. The second kappa shape index (κ2) is 9.49. The molecule has 31 heavy (non-hydrogen) atoms. The van der Waals surface area contributed by atoms with Crippen molar-refractivity contribution in [3.05, 3.63) is 35.4 Å². The van der Waals surface area contributed by atoms with Gasteiger partial charge in [-0.25, -0.2) is 4.79 Å². The van der Waals surface area contributed by atoms with E-state index in [1.807, 2.05) is 38.1 Å². The second-order valence-corrected chi connectivity index (χ2v) is 8.48. The molecule has 4 amide bonds. The van der Waals surface area contributed by atoms with Gasteiger partial charge in [-0.2, -0.15) is 0 Å². The summed E-state index contributed by atoms with van der Waals surface area (Å²) in [5.41, 5.74) is 1.24. The Bertz CT molecular complexity index is 853. The molecule has 8 nitrogen and oxygen atoms in total. The highest BCUT2D eigenvalue weighted by Gasteiger charge is 2.55. The van der Waals surface area contributed by atoms with Gasteiger partial charge in [-0.1, -0.05) is 51.0 Å². The third-order valence-electron chi connectivity index (χ3n) is 6.42. The molecule has 1 spiro atoms. The molecule has 168 valence electrons. The monoisotopic (exact) mass is 429 g/mol. The second-order valence-electron chi connectivity index (χ2n) is 8.48. The molecule has 3 rings (SSSR count). The zero-order chi connectivity index (χ0) is 22.6. The zero-order valence-electron chi connectivity index (χ0n) is 18.4. The molecule has 2 N–H and O–H groups in total. The van der Waals surface area contributed by atoms with Crippen LogP contribution in [0.2, 0.25) is 0 Å². The van der Waals surface area contributed by atoms with E-state index in [4.69, 9.17) is 4.74 Å². The fourth-order valence-electron chi connectivity index (χ4n) is 4.37. The van der Waals surface area contributed by atoms with Crippen molar-refractivity contribution in [2.45, 2.75) is 64.5 Å². The highest BCUT2D eigenvalue weighted by molar-refractivity contribution is 6.09. The lowest BCUT2D eigenvalue weighted by atomic mass is 9.73. The smallest absolute Gasteiger partial charge is 0.326 e. The molecular formula is C23H31N3O5.